The highest BCUT2D eigenvalue weighted by molar-refractivity contribution is 7.92. The van der Waals surface area contributed by atoms with Gasteiger partial charge in [0.25, 0.3) is 11.6 Å². The van der Waals surface area contributed by atoms with Crippen LogP contribution in [-0.4, -0.2) is 38.3 Å². The first-order valence-electron chi connectivity index (χ1n) is 10.5. The van der Waals surface area contributed by atoms with Gasteiger partial charge in [-0.1, -0.05) is 17.7 Å². The molecular weight excluding hydrogens is 508 g/mol. The Balaban J connectivity index is 1.55. The van der Waals surface area contributed by atoms with Crippen LogP contribution in [0.25, 0.3) is 0 Å². The van der Waals surface area contributed by atoms with Gasteiger partial charge in [0.15, 0.2) is 0 Å². The number of halogens is 1. The standard InChI is InChI=1S/C24H23ClN4O6S/c1-17-3-8-20(25)13-23(17)28(36(2,33)34)15-24(30)27-26-14-18-6-11-22(12-7-18)35-16-19-4-9-21(10-5-19)29(31)32/h3-14H,15-16H2,1-2H3,(H,27,30)/b26-14-. The van der Waals surface area contributed by atoms with E-state index in [0.29, 0.717) is 27.6 Å². The monoisotopic (exact) mass is 530 g/mol. The summed E-state index contributed by atoms with van der Waals surface area (Å²) in [5, 5.41) is 15.0. The molecule has 0 spiro atoms. The van der Waals surface area contributed by atoms with E-state index in [1.807, 2.05) is 0 Å². The Bertz CT molecular complexity index is 1380. The van der Waals surface area contributed by atoms with Crippen LogP contribution in [0.2, 0.25) is 5.02 Å². The minimum absolute atomic E-state index is 0.0121. The molecule has 0 saturated heterocycles. The van der Waals surface area contributed by atoms with E-state index in [-0.39, 0.29) is 12.3 Å². The highest BCUT2D eigenvalue weighted by Gasteiger charge is 2.22. The topological polar surface area (TPSA) is 131 Å². The average Bonchev–Trinajstić information content (AvgIpc) is 2.83. The van der Waals surface area contributed by atoms with Gasteiger partial charge in [-0.25, -0.2) is 13.8 Å². The summed E-state index contributed by atoms with van der Waals surface area (Å²) in [7, 11) is -3.75. The summed E-state index contributed by atoms with van der Waals surface area (Å²) < 4.78 is 31.2. The van der Waals surface area contributed by atoms with E-state index in [2.05, 4.69) is 10.5 Å². The first-order chi connectivity index (χ1) is 17.0. The molecule has 188 valence electrons. The van der Waals surface area contributed by atoms with Gasteiger partial charge in [0, 0.05) is 17.2 Å². The fourth-order valence-electron chi connectivity index (χ4n) is 3.11. The molecule has 0 fully saturated rings. The van der Waals surface area contributed by atoms with Crippen molar-refractivity contribution < 1.29 is 22.9 Å². The lowest BCUT2D eigenvalue weighted by Crippen LogP contribution is -2.39. The predicted molar refractivity (Wildman–Crippen MR) is 138 cm³/mol. The fraction of sp³-hybridized carbons (Fsp3) is 0.167. The van der Waals surface area contributed by atoms with Crippen LogP contribution in [0.5, 0.6) is 5.75 Å². The number of nitrogens with one attached hydrogen (secondary N) is 1. The second-order valence-corrected chi connectivity index (χ2v) is 10.1. The first kappa shape index (κ1) is 26.6. The second kappa shape index (κ2) is 11.6. The maximum atomic E-state index is 12.4. The maximum absolute atomic E-state index is 12.4. The van der Waals surface area contributed by atoms with E-state index >= 15 is 0 Å². The molecule has 3 aromatic rings. The van der Waals surface area contributed by atoms with Gasteiger partial charge >= 0.3 is 0 Å². The van der Waals surface area contributed by atoms with Crippen LogP contribution in [0.15, 0.2) is 71.8 Å². The van der Waals surface area contributed by atoms with Crippen LogP contribution in [0.3, 0.4) is 0 Å². The molecule has 1 N–H and O–H groups in total. The fourth-order valence-corrected chi connectivity index (χ4v) is 4.18. The van der Waals surface area contributed by atoms with E-state index in [4.69, 9.17) is 16.3 Å². The molecule has 0 bridgehead atoms. The van der Waals surface area contributed by atoms with E-state index in [1.165, 1.54) is 24.4 Å². The summed E-state index contributed by atoms with van der Waals surface area (Å²) in [6.07, 6.45) is 2.42. The summed E-state index contributed by atoms with van der Waals surface area (Å²) in [5.74, 6) is -0.0469. The SMILES string of the molecule is Cc1ccc(Cl)cc1N(CC(=O)N/N=C\c1ccc(OCc2ccc([N+](=O)[O-])cc2)cc1)S(C)(=O)=O. The summed E-state index contributed by atoms with van der Waals surface area (Å²) in [6, 6.07) is 17.7. The number of anilines is 1. The number of hydrogen-bond acceptors (Lipinski definition) is 7. The number of nitrogens with zero attached hydrogens (tertiary/aromatic N) is 3. The maximum Gasteiger partial charge on any atom is 0.269 e. The zero-order valence-electron chi connectivity index (χ0n) is 19.4. The molecule has 0 saturated carbocycles. The number of nitro groups is 1. The molecule has 0 aromatic heterocycles. The lowest BCUT2D eigenvalue weighted by atomic mass is 10.2. The summed E-state index contributed by atoms with van der Waals surface area (Å²) in [4.78, 5) is 22.6. The summed E-state index contributed by atoms with van der Waals surface area (Å²) in [5.41, 5.74) is 4.75. The number of benzene rings is 3. The Hall–Kier alpha value is -3.96. The molecule has 0 aliphatic heterocycles. The predicted octanol–water partition coefficient (Wildman–Crippen LogP) is 4.05. The van der Waals surface area contributed by atoms with Gasteiger partial charge in [-0.05, 0) is 72.1 Å². The van der Waals surface area contributed by atoms with Crippen molar-refractivity contribution in [3.8, 4) is 5.75 Å². The molecule has 0 aliphatic carbocycles. The number of ether oxygens (including phenoxy) is 1. The highest BCUT2D eigenvalue weighted by atomic mass is 35.5. The highest BCUT2D eigenvalue weighted by Crippen LogP contribution is 2.26. The Labute approximate surface area is 213 Å². The van der Waals surface area contributed by atoms with Crippen molar-refractivity contribution in [2.45, 2.75) is 13.5 Å². The number of hydrazone groups is 1. The number of carbonyl (C=O) groups is 1. The van der Waals surface area contributed by atoms with Gasteiger partial charge in [-0.3, -0.25) is 19.2 Å². The molecule has 0 atom stereocenters. The average molecular weight is 531 g/mol. The zero-order chi connectivity index (χ0) is 26.3. The first-order valence-corrected chi connectivity index (χ1v) is 12.8. The molecule has 1 amide bonds. The van der Waals surface area contributed by atoms with E-state index < -0.39 is 27.4 Å². The largest absolute Gasteiger partial charge is 0.489 e. The van der Waals surface area contributed by atoms with Crippen LogP contribution in [0, 0.1) is 17.0 Å². The molecule has 3 rings (SSSR count). The number of rotatable bonds is 10. The van der Waals surface area contributed by atoms with Crippen LogP contribution in [-0.2, 0) is 21.4 Å². The molecule has 36 heavy (non-hydrogen) atoms. The quantitative estimate of drug-likeness (QED) is 0.239. The number of aryl methyl sites for hydroxylation is 1. The van der Waals surface area contributed by atoms with Crippen LogP contribution in [0.4, 0.5) is 11.4 Å². The smallest absolute Gasteiger partial charge is 0.269 e. The van der Waals surface area contributed by atoms with Crippen LogP contribution in [0.1, 0.15) is 16.7 Å². The second-order valence-electron chi connectivity index (χ2n) is 7.77. The number of nitro benzene ring substituents is 1. The van der Waals surface area contributed by atoms with E-state index in [9.17, 15) is 23.3 Å². The number of amides is 1. The van der Waals surface area contributed by atoms with Gasteiger partial charge in [-0.2, -0.15) is 5.10 Å². The third kappa shape index (κ3) is 7.52. The number of hydrogen-bond donors (Lipinski definition) is 1. The normalized spacial score (nSPS) is 11.3. The molecule has 3 aromatic carbocycles. The number of non-ortho nitro benzene ring substituents is 1. The van der Waals surface area contributed by atoms with Crippen molar-refractivity contribution >= 4 is 45.1 Å². The Morgan fingerprint density at radius 2 is 1.81 bits per heavy atom. The minimum atomic E-state index is -3.75. The van der Waals surface area contributed by atoms with E-state index in [1.54, 1.807) is 55.5 Å². The molecule has 0 radical (unpaired) electrons. The van der Waals surface area contributed by atoms with Crippen molar-refractivity contribution in [2.75, 3.05) is 17.1 Å². The minimum Gasteiger partial charge on any atom is -0.489 e. The number of carbonyl (C=O) groups excluding carboxylic acids is 1. The Morgan fingerprint density at radius 1 is 1.14 bits per heavy atom. The lowest BCUT2D eigenvalue weighted by Gasteiger charge is -2.23. The van der Waals surface area contributed by atoms with Crippen molar-refractivity contribution in [2.24, 2.45) is 5.10 Å². The van der Waals surface area contributed by atoms with Crippen molar-refractivity contribution in [1.82, 2.24) is 5.43 Å². The Morgan fingerprint density at radius 3 is 2.42 bits per heavy atom. The van der Waals surface area contributed by atoms with Crippen LogP contribution >= 0.6 is 11.6 Å². The van der Waals surface area contributed by atoms with Gasteiger partial charge in [0.1, 0.15) is 18.9 Å². The number of sulfonamides is 1. The molecule has 0 aliphatic rings. The van der Waals surface area contributed by atoms with Crippen molar-refractivity contribution in [1.29, 1.82) is 0 Å². The Kier molecular flexibility index (Phi) is 8.62. The molecule has 10 nitrogen and oxygen atoms in total. The van der Waals surface area contributed by atoms with Gasteiger partial charge in [0.2, 0.25) is 10.0 Å². The third-order valence-corrected chi connectivity index (χ3v) is 6.32. The molecule has 12 heteroatoms. The molecule has 0 heterocycles. The third-order valence-electron chi connectivity index (χ3n) is 4.96. The van der Waals surface area contributed by atoms with Gasteiger partial charge in [-0.15, -0.1) is 0 Å². The molecule has 0 unspecified atom stereocenters. The van der Waals surface area contributed by atoms with Gasteiger partial charge in [0.05, 0.1) is 23.1 Å². The van der Waals surface area contributed by atoms with Crippen molar-refractivity contribution in [3.05, 3.63) is 98.6 Å². The van der Waals surface area contributed by atoms with E-state index in [0.717, 1.165) is 16.1 Å². The zero-order valence-corrected chi connectivity index (χ0v) is 21.0. The summed E-state index contributed by atoms with van der Waals surface area (Å²) in [6.45, 7) is 1.50. The molecular formula is C24H23ClN4O6S. The van der Waals surface area contributed by atoms with Crippen LogP contribution < -0.4 is 14.5 Å². The van der Waals surface area contributed by atoms with Gasteiger partial charge < -0.3 is 4.74 Å². The summed E-state index contributed by atoms with van der Waals surface area (Å²) >= 11 is 6.00. The van der Waals surface area contributed by atoms with Crippen molar-refractivity contribution in [3.63, 3.8) is 0 Å². The lowest BCUT2D eigenvalue weighted by molar-refractivity contribution is -0.384.